The topological polar surface area (TPSA) is 30.7 Å². The molecule has 0 spiro atoms. The van der Waals surface area contributed by atoms with Crippen LogP contribution >= 0.6 is 0 Å². The van der Waals surface area contributed by atoms with Gasteiger partial charge in [0.05, 0.1) is 11.9 Å². The van der Waals surface area contributed by atoms with Gasteiger partial charge in [-0.05, 0) is 31.7 Å². The number of hydrogen-bond acceptors (Lipinski definition) is 2. The Morgan fingerprint density at radius 3 is 2.58 bits per heavy atom. The first-order valence-electron chi connectivity index (χ1n) is 8.85. The molecule has 1 aliphatic rings. The van der Waals surface area contributed by atoms with Crippen LogP contribution in [0.4, 0.5) is 0 Å². The summed E-state index contributed by atoms with van der Waals surface area (Å²) in [5.41, 5.74) is 5.54. The van der Waals surface area contributed by atoms with E-state index in [1.807, 2.05) is 19.2 Å². The van der Waals surface area contributed by atoms with E-state index in [-0.39, 0.29) is 0 Å². The van der Waals surface area contributed by atoms with Crippen molar-refractivity contribution in [2.24, 2.45) is 5.92 Å². The van der Waals surface area contributed by atoms with Crippen molar-refractivity contribution in [3.05, 3.63) is 60.6 Å². The molecule has 1 aromatic carbocycles. The van der Waals surface area contributed by atoms with E-state index in [9.17, 15) is 0 Å². The molecule has 2 heterocycles. The lowest BCUT2D eigenvalue weighted by Gasteiger charge is -2.09. The lowest BCUT2D eigenvalue weighted by molar-refractivity contribution is 0.429. The highest BCUT2D eigenvalue weighted by Crippen LogP contribution is 2.31. The second-order valence-corrected chi connectivity index (χ2v) is 6.82. The van der Waals surface area contributed by atoms with Gasteiger partial charge in [0.2, 0.25) is 0 Å². The number of benzene rings is 1. The first-order chi connectivity index (χ1) is 11.8. The predicted octanol–water partition coefficient (Wildman–Crippen LogP) is 5.11. The Labute approximate surface area is 143 Å². The van der Waals surface area contributed by atoms with Crippen molar-refractivity contribution in [3.63, 3.8) is 0 Å². The van der Waals surface area contributed by atoms with E-state index in [2.05, 4.69) is 52.4 Å². The molecule has 0 amide bonds. The molecule has 24 heavy (non-hydrogen) atoms. The number of rotatable bonds is 4. The van der Waals surface area contributed by atoms with Crippen molar-refractivity contribution in [2.45, 2.75) is 39.2 Å². The van der Waals surface area contributed by atoms with Gasteiger partial charge >= 0.3 is 0 Å². The maximum absolute atomic E-state index is 4.80. The highest BCUT2D eigenvalue weighted by atomic mass is 15.3. The maximum Gasteiger partial charge on any atom is 0.0784 e. The minimum Gasteiger partial charge on any atom is -0.272 e. The molecule has 1 aliphatic carbocycles. The third kappa shape index (κ3) is 3.12. The highest BCUT2D eigenvalue weighted by molar-refractivity contribution is 5.80. The van der Waals surface area contributed by atoms with Gasteiger partial charge in [-0.25, -0.2) is 0 Å². The molecule has 0 radical (unpaired) electrons. The van der Waals surface area contributed by atoms with Crippen LogP contribution < -0.4 is 0 Å². The molecule has 1 fully saturated rings. The van der Waals surface area contributed by atoms with Crippen LogP contribution in [0.5, 0.6) is 0 Å². The van der Waals surface area contributed by atoms with Gasteiger partial charge in [-0.1, -0.05) is 49.2 Å². The molecule has 0 atom stereocenters. The second kappa shape index (κ2) is 6.60. The zero-order chi connectivity index (χ0) is 16.4. The Morgan fingerprint density at radius 1 is 1.00 bits per heavy atom. The van der Waals surface area contributed by atoms with Crippen LogP contribution in [0.2, 0.25) is 0 Å². The van der Waals surface area contributed by atoms with Crippen molar-refractivity contribution in [1.82, 2.24) is 14.8 Å². The largest absolute Gasteiger partial charge is 0.272 e. The van der Waals surface area contributed by atoms with Crippen LogP contribution in [0.3, 0.4) is 0 Å². The summed E-state index contributed by atoms with van der Waals surface area (Å²) in [4.78, 5) is 4.80. The molecule has 0 unspecified atom stereocenters. The lowest BCUT2D eigenvalue weighted by atomic mass is 10.0. The number of nitrogens with zero attached hydrogens (tertiary/aromatic N) is 3. The van der Waals surface area contributed by atoms with E-state index in [1.165, 1.54) is 25.7 Å². The number of aryl methyl sites for hydroxylation is 1. The number of hydrogen-bond donors (Lipinski definition) is 0. The van der Waals surface area contributed by atoms with Crippen molar-refractivity contribution < 1.29 is 0 Å². The normalized spacial score (nSPS) is 15.0. The molecule has 0 bridgehead atoms. The molecule has 122 valence electrons. The van der Waals surface area contributed by atoms with E-state index in [1.54, 1.807) is 0 Å². The first-order valence-corrected chi connectivity index (χ1v) is 8.85. The van der Waals surface area contributed by atoms with Crippen LogP contribution in [0.1, 0.15) is 31.4 Å². The fraction of sp³-hybridized carbons (Fsp3) is 0.333. The maximum atomic E-state index is 4.80. The Balaban J connectivity index is 1.68. The summed E-state index contributed by atoms with van der Waals surface area (Å²) in [6.45, 7) is 3.08. The minimum absolute atomic E-state index is 0.794. The van der Waals surface area contributed by atoms with Gasteiger partial charge in [0.15, 0.2) is 0 Å². The molecule has 4 rings (SSSR count). The van der Waals surface area contributed by atoms with Crippen molar-refractivity contribution in [3.8, 4) is 22.4 Å². The molecular weight excluding hydrogens is 294 g/mol. The van der Waals surface area contributed by atoms with E-state index in [0.717, 1.165) is 40.5 Å². The van der Waals surface area contributed by atoms with E-state index >= 15 is 0 Å². The second-order valence-electron chi connectivity index (χ2n) is 6.82. The Bertz CT molecular complexity index is 814. The molecule has 1 saturated carbocycles. The smallest absolute Gasteiger partial charge is 0.0784 e. The van der Waals surface area contributed by atoms with Crippen molar-refractivity contribution in [1.29, 1.82) is 0 Å². The van der Waals surface area contributed by atoms with Crippen LogP contribution in [0.15, 0.2) is 54.9 Å². The summed E-state index contributed by atoms with van der Waals surface area (Å²) in [5, 5.41) is 4.60. The summed E-state index contributed by atoms with van der Waals surface area (Å²) in [6.07, 6.45) is 9.59. The third-order valence-corrected chi connectivity index (χ3v) is 4.95. The monoisotopic (exact) mass is 317 g/mol. The summed E-state index contributed by atoms with van der Waals surface area (Å²) in [7, 11) is 0. The Morgan fingerprint density at radius 2 is 1.79 bits per heavy atom. The Kier molecular flexibility index (Phi) is 4.16. The zero-order valence-corrected chi connectivity index (χ0v) is 14.2. The summed E-state index contributed by atoms with van der Waals surface area (Å²) in [5.74, 6) is 0.794. The van der Waals surface area contributed by atoms with Gasteiger partial charge in [0.1, 0.15) is 0 Å². The van der Waals surface area contributed by atoms with E-state index < -0.39 is 0 Å². The molecule has 3 aromatic rings. The fourth-order valence-corrected chi connectivity index (χ4v) is 3.67. The molecule has 0 aliphatic heterocycles. The molecular formula is C21H23N3. The molecule has 3 nitrogen and oxygen atoms in total. The third-order valence-electron chi connectivity index (χ3n) is 4.95. The fourth-order valence-electron chi connectivity index (χ4n) is 3.67. The van der Waals surface area contributed by atoms with E-state index in [0.29, 0.717) is 0 Å². The van der Waals surface area contributed by atoms with Gasteiger partial charge < -0.3 is 0 Å². The van der Waals surface area contributed by atoms with Crippen molar-refractivity contribution >= 4 is 0 Å². The average molecular weight is 317 g/mol. The minimum atomic E-state index is 0.794. The molecule has 0 N–H and O–H groups in total. The number of pyridine rings is 1. The van der Waals surface area contributed by atoms with E-state index in [4.69, 9.17) is 4.98 Å². The average Bonchev–Trinajstić information content (AvgIpc) is 3.28. The molecule has 0 saturated heterocycles. The summed E-state index contributed by atoms with van der Waals surface area (Å²) >= 11 is 0. The molecule has 3 heteroatoms. The van der Waals surface area contributed by atoms with Gasteiger partial charge in [0.25, 0.3) is 0 Å². The van der Waals surface area contributed by atoms with Crippen molar-refractivity contribution in [2.75, 3.05) is 0 Å². The van der Waals surface area contributed by atoms with Crippen LogP contribution in [0, 0.1) is 12.8 Å². The van der Waals surface area contributed by atoms with Gasteiger partial charge in [-0.3, -0.25) is 9.67 Å². The molecule has 2 aromatic heterocycles. The standard InChI is InChI=1S/C21H23N3/c1-16-11-12-20(21(23-16)18-9-3-2-4-10-18)19-13-22-24(15-19)14-17-7-5-6-8-17/h2-4,9-13,15,17H,5-8,14H2,1H3. The zero-order valence-electron chi connectivity index (χ0n) is 14.2. The highest BCUT2D eigenvalue weighted by Gasteiger charge is 2.17. The van der Waals surface area contributed by atoms with Gasteiger partial charge in [0, 0.05) is 35.1 Å². The first kappa shape index (κ1) is 15.1. The predicted molar refractivity (Wildman–Crippen MR) is 97.6 cm³/mol. The SMILES string of the molecule is Cc1ccc(-c2cnn(CC3CCCC3)c2)c(-c2ccccc2)n1. The van der Waals surface area contributed by atoms with Gasteiger partial charge in [-0.2, -0.15) is 5.10 Å². The van der Waals surface area contributed by atoms with Gasteiger partial charge in [-0.15, -0.1) is 0 Å². The van der Waals surface area contributed by atoms with Crippen LogP contribution in [-0.2, 0) is 6.54 Å². The Hall–Kier alpha value is -2.42. The van der Waals surface area contributed by atoms with Crippen LogP contribution in [-0.4, -0.2) is 14.8 Å². The quantitative estimate of drug-likeness (QED) is 0.669. The number of aromatic nitrogens is 3. The summed E-state index contributed by atoms with van der Waals surface area (Å²) in [6, 6.07) is 14.7. The summed E-state index contributed by atoms with van der Waals surface area (Å²) < 4.78 is 2.11. The van der Waals surface area contributed by atoms with Crippen LogP contribution in [0.25, 0.3) is 22.4 Å². The lowest BCUT2D eigenvalue weighted by Crippen LogP contribution is -2.07.